The minimum absolute atomic E-state index is 0.208. The van der Waals surface area contributed by atoms with Gasteiger partial charge in [0.15, 0.2) is 5.82 Å². The van der Waals surface area contributed by atoms with Crippen LogP contribution in [0, 0.1) is 0 Å². The zero-order valence-corrected chi connectivity index (χ0v) is 11.1. The molecule has 3 aromatic rings. The third kappa shape index (κ3) is 2.19. The van der Waals surface area contributed by atoms with Crippen LogP contribution in [-0.4, -0.2) is 44.0 Å². The molecule has 0 aliphatic carbocycles. The lowest BCUT2D eigenvalue weighted by Gasteiger charge is -2.01. The number of nitrogens with zero attached hydrogens (tertiary/aromatic N) is 5. The standard InChI is InChI=1S/C13H12N6O2/c1-2-4-10(9(3-1)12-15-18-19-16-12)13-14-11(17-21-13)8-5-6-20-7-8/h1-4,8H,5-7H2,(H,15,16,18,19). The van der Waals surface area contributed by atoms with Crippen molar-refractivity contribution in [2.75, 3.05) is 13.2 Å². The predicted molar refractivity (Wildman–Crippen MR) is 71.1 cm³/mol. The maximum atomic E-state index is 5.40. The van der Waals surface area contributed by atoms with Gasteiger partial charge in [-0.1, -0.05) is 23.4 Å². The number of benzene rings is 1. The normalized spacial score (nSPS) is 18.2. The van der Waals surface area contributed by atoms with Crippen molar-refractivity contribution in [2.45, 2.75) is 12.3 Å². The van der Waals surface area contributed by atoms with Gasteiger partial charge in [0.1, 0.15) is 0 Å². The van der Waals surface area contributed by atoms with Gasteiger partial charge in [0.05, 0.1) is 12.2 Å². The zero-order valence-electron chi connectivity index (χ0n) is 11.1. The summed E-state index contributed by atoms with van der Waals surface area (Å²) in [6.07, 6.45) is 0.922. The van der Waals surface area contributed by atoms with E-state index in [2.05, 4.69) is 30.8 Å². The van der Waals surface area contributed by atoms with Gasteiger partial charge in [0, 0.05) is 18.1 Å². The fourth-order valence-corrected chi connectivity index (χ4v) is 2.39. The molecule has 0 amide bonds. The molecule has 8 nitrogen and oxygen atoms in total. The van der Waals surface area contributed by atoms with Crippen molar-refractivity contribution in [3.63, 3.8) is 0 Å². The van der Waals surface area contributed by atoms with E-state index in [1.807, 2.05) is 24.3 Å². The molecule has 0 saturated carbocycles. The summed E-state index contributed by atoms with van der Waals surface area (Å²) in [5, 5.41) is 18.1. The molecule has 2 aromatic heterocycles. The van der Waals surface area contributed by atoms with E-state index in [1.54, 1.807) is 0 Å². The molecule has 8 heteroatoms. The number of H-pyrrole nitrogens is 1. The van der Waals surface area contributed by atoms with Crippen LogP contribution in [0.1, 0.15) is 18.2 Å². The number of hydrogen-bond acceptors (Lipinski definition) is 7. The van der Waals surface area contributed by atoms with Gasteiger partial charge in [0.25, 0.3) is 5.89 Å². The first kappa shape index (κ1) is 12.2. The Kier molecular flexibility index (Phi) is 2.93. The van der Waals surface area contributed by atoms with Crippen LogP contribution in [-0.2, 0) is 4.74 Å². The molecule has 106 valence electrons. The summed E-state index contributed by atoms with van der Waals surface area (Å²) >= 11 is 0. The van der Waals surface area contributed by atoms with Gasteiger partial charge in [-0.15, -0.1) is 10.2 Å². The van der Waals surface area contributed by atoms with Gasteiger partial charge in [-0.25, -0.2) is 0 Å². The number of ether oxygens (including phenoxy) is 1. The highest BCUT2D eigenvalue weighted by atomic mass is 16.5. The Morgan fingerprint density at radius 3 is 2.86 bits per heavy atom. The molecule has 0 spiro atoms. The number of aromatic nitrogens is 6. The lowest BCUT2D eigenvalue weighted by Crippen LogP contribution is -1.99. The van der Waals surface area contributed by atoms with E-state index in [0.29, 0.717) is 24.1 Å². The van der Waals surface area contributed by atoms with Crippen LogP contribution in [0.3, 0.4) is 0 Å². The molecule has 1 saturated heterocycles. The number of nitrogens with one attached hydrogen (secondary N) is 1. The number of aromatic amines is 1. The van der Waals surface area contributed by atoms with Crippen LogP contribution in [0.5, 0.6) is 0 Å². The second-order valence-electron chi connectivity index (χ2n) is 4.80. The molecule has 1 aliphatic heterocycles. The van der Waals surface area contributed by atoms with Crippen molar-refractivity contribution >= 4 is 0 Å². The summed E-state index contributed by atoms with van der Waals surface area (Å²) < 4.78 is 10.8. The van der Waals surface area contributed by atoms with E-state index >= 15 is 0 Å². The third-order valence-corrected chi connectivity index (χ3v) is 3.48. The minimum Gasteiger partial charge on any atom is -0.381 e. The Morgan fingerprint density at radius 1 is 1.19 bits per heavy atom. The van der Waals surface area contributed by atoms with Crippen LogP contribution in [0.15, 0.2) is 28.8 Å². The number of hydrogen-bond donors (Lipinski definition) is 1. The average molecular weight is 284 g/mol. The molecule has 1 N–H and O–H groups in total. The van der Waals surface area contributed by atoms with Crippen molar-refractivity contribution in [3.05, 3.63) is 30.1 Å². The largest absolute Gasteiger partial charge is 0.381 e. The first-order valence-corrected chi connectivity index (χ1v) is 6.66. The van der Waals surface area contributed by atoms with Crippen LogP contribution < -0.4 is 0 Å². The molecule has 1 aliphatic rings. The summed E-state index contributed by atoms with van der Waals surface area (Å²) in [4.78, 5) is 4.49. The molecular weight excluding hydrogens is 272 g/mol. The van der Waals surface area contributed by atoms with E-state index in [-0.39, 0.29) is 5.92 Å². The van der Waals surface area contributed by atoms with E-state index in [4.69, 9.17) is 9.26 Å². The van der Waals surface area contributed by atoms with Crippen LogP contribution in [0.25, 0.3) is 22.8 Å². The molecule has 0 bridgehead atoms. The van der Waals surface area contributed by atoms with Crippen molar-refractivity contribution in [2.24, 2.45) is 0 Å². The van der Waals surface area contributed by atoms with Crippen molar-refractivity contribution < 1.29 is 9.26 Å². The maximum Gasteiger partial charge on any atom is 0.258 e. The molecule has 21 heavy (non-hydrogen) atoms. The molecule has 4 rings (SSSR count). The Balaban J connectivity index is 1.74. The van der Waals surface area contributed by atoms with E-state index in [1.165, 1.54) is 0 Å². The van der Waals surface area contributed by atoms with Gasteiger partial charge in [-0.05, 0) is 17.7 Å². The molecule has 1 aromatic carbocycles. The summed E-state index contributed by atoms with van der Waals surface area (Å²) in [6, 6.07) is 7.59. The monoisotopic (exact) mass is 284 g/mol. The lowest BCUT2D eigenvalue weighted by molar-refractivity contribution is 0.192. The Morgan fingerprint density at radius 2 is 2.10 bits per heavy atom. The Labute approximate surface area is 119 Å². The number of tetrazole rings is 1. The molecule has 0 radical (unpaired) electrons. The SMILES string of the molecule is c1ccc(-c2nc(C3CCOC3)no2)c(-c2nn[nH]n2)c1. The third-order valence-electron chi connectivity index (χ3n) is 3.48. The Bertz CT molecular complexity index is 733. The Hall–Kier alpha value is -2.61. The van der Waals surface area contributed by atoms with E-state index < -0.39 is 0 Å². The highest BCUT2D eigenvalue weighted by molar-refractivity contribution is 5.75. The van der Waals surface area contributed by atoms with Crippen LogP contribution in [0.2, 0.25) is 0 Å². The second-order valence-corrected chi connectivity index (χ2v) is 4.80. The summed E-state index contributed by atoms with van der Waals surface area (Å²) in [6.45, 7) is 1.39. The molecular formula is C13H12N6O2. The zero-order chi connectivity index (χ0) is 14.1. The van der Waals surface area contributed by atoms with Gasteiger partial charge >= 0.3 is 0 Å². The van der Waals surface area contributed by atoms with Gasteiger partial charge in [-0.2, -0.15) is 10.2 Å². The van der Waals surface area contributed by atoms with Crippen molar-refractivity contribution in [1.82, 2.24) is 30.8 Å². The van der Waals surface area contributed by atoms with Crippen molar-refractivity contribution in [3.8, 4) is 22.8 Å². The highest BCUT2D eigenvalue weighted by Gasteiger charge is 2.24. The highest BCUT2D eigenvalue weighted by Crippen LogP contribution is 2.30. The summed E-state index contributed by atoms with van der Waals surface area (Å²) in [7, 11) is 0. The first-order valence-electron chi connectivity index (χ1n) is 6.66. The fourth-order valence-electron chi connectivity index (χ4n) is 2.39. The van der Waals surface area contributed by atoms with E-state index in [0.717, 1.165) is 24.2 Å². The fraction of sp³-hybridized carbons (Fsp3) is 0.308. The molecule has 3 heterocycles. The van der Waals surface area contributed by atoms with E-state index in [9.17, 15) is 0 Å². The summed E-state index contributed by atoms with van der Waals surface area (Å²) in [5.41, 5.74) is 1.58. The summed E-state index contributed by atoms with van der Waals surface area (Å²) in [5.74, 6) is 1.84. The predicted octanol–water partition coefficient (Wildman–Crippen LogP) is 1.42. The number of rotatable bonds is 3. The maximum absolute atomic E-state index is 5.40. The van der Waals surface area contributed by atoms with Gasteiger partial charge < -0.3 is 9.26 Å². The molecule has 1 unspecified atom stereocenters. The van der Waals surface area contributed by atoms with Crippen LogP contribution >= 0.6 is 0 Å². The average Bonchev–Trinajstić information content (AvgIpc) is 3.27. The second kappa shape index (κ2) is 5.06. The quantitative estimate of drug-likeness (QED) is 0.775. The minimum atomic E-state index is 0.208. The molecule has 1 fully saturated rings. The van der Waals surface area contributed by atoms with Crippen molar-refractivity contribution in [1.29, 1.82) is 0 Å². The topological polar surface area (TPSA) is 103 Å². The van der Waals surface area contributed by atoms with Gasteiger partial charge in [-0.3, -0.25) is 0 Å². The smallest absolute Gasteiger partial charge is 0.258 e. The van der Waals surface area contributed by atoms with Crippen LogP contribution in [0.4, 0.5) is 0 Å². The first-order chi connectivity index (χ1) is 10.4. The molecule has 1 atom stereocenters. The van der Waals surface area contributed by atoms with Gasteiger partial charge in [0.2, 0.25) is 5.82 Å². The lowest BCUT2D eigenvalue weighted by atomic mass is 10.1.